The molecular weight excluding hydrogens is 429 g/mol. The lowest BCUT2D eigenvalue weighted by Gasteiger charge is -2.18. The van der Waals surface area contributed by atoms with Crippen molar-refractivity contribution < 1.29 is 4.39 Å². The third kappa shape index (κ3) is 4.62. The van der Waals surface area contributed by atoms with Crippen molar-refractivity contribution in [1.82, 2.24) is 24.5 Å². The minimum absolute atomic E-state index is 0.191. The zero-order valence-corrected chi connectivity index (χ0v) is 19.4. The molecule has 1 aromatic carbocycles. The predicted octanol–water partition coefficient (Wildman–Crippen LogP) is 5.21. The Balaban J connectivity index is 1.55. The highest BCUT2D eigenvalue weighted by molar-refractivity contribution is 5.78. The zero-order valence-electron chi connectivity index (χ0n) is 19.4. The van der Waals surface area contributed by atoms with Crippen molar-refractivity contribution in [1.29, 1.82) is 0 Å². The van der Waals surface area contributed by atoms with Crippen LogP contribution in [0.4, 0.5) is 16.2 Å². The second-order valence-corrected chi connectivity index (χ2v) is 8.93. The predicted molar refractivity (Wildman–Crippen MR) is 132 cm³/mol. The molecular formula is C26H28FN7. The van der Waals surface area contributed by atoms with E-state index in [-0.39, 0.29) is 11.9 Å². The average molecular weight is 458 g/mol. The maximum Gasteiger partial charge on any atom is 0.223 e. The minimum atomic E-state index is -0.267. The Morgan fingerprint density at radius 1 is 1.00 bits per heavy atom. The number of benzene rings is 1. The summed E-state index contributed by atoms with van der Waals surface area (Å²) in [5.74, 6) is 2.66. The van der Waals surface area contributed by atoms with E-state index in [1.54, 1.807) is 24.5 Å². The highest BCUT2D eigenvalue weighted by Crippen LogP contribution is 2.39. The fourth-order valence-corrected chi connectivity index (χ4v) is 4.28. The first-order chi connectivity index (χ1) is 16.6. The molecule has 0 aliphatic carbocycles. The average Bonchev–Trinajstić information content (AvgIpc) is 3.42. The van der Waals surface area contributed by atoms with Gasteiger partial charge in [-0.2, -0.15) is 0 Å². The summed E-state index contributed by atoms with van der Waals surface area (Å²) in [5.41, 5.74) is 3.40. The number of hydrogen-bond donors (Lipinski definition) is 2. The second-order valence-electron chi connectivity index (χ2n) is 8.93. The van der Waals surface area contributed by atoms with Crippen LogP contribution in [0.2, 0.25) is 0 Å². The van der Waals surface area contributed by atoms with Crippen LogP contribution >= 0.6 is 0 Å². The van der Waals surface area contributed by atoms with Crippen LogP contribution in [0, 0.1) is 11.7 Å². The first-order valence-electron chi connectivity index (χ1n) is 11.7. The number of imidazole rings is 1. The van der Waals surface area contributed by atoms with E-state index in [4.69, 9.17) is 9.97 Å². The van der Waals surface area contributed by atoms with Gasteiger partial charge in [-0.25, -0.2) is 24.3 Å². The van der Waals surface area contributed by atoms with Crippen molar-refractivity contribution in [2.75, 3.05) is 23.7 Å². The third-order valence-electron chi connectivity index (χ3n) is 5.92. The molecule has 8 heteroatoms. The maximum absolute atomic E-state index is 13.6. The Hall–Kier alpha value is -3.81. The summed E-state index contributed by atoms with van der Waals surface area (Å²) in [5, 5.41) is 6.77. The van der Waals surface area contributed by atoms with Crippen LogP contribution in [-0.4, -0.2) is 37.6 Å². The van der Waals surface area contributed by atoms with Crippen LogP contribution in [0.3, 0.4) is 0 Å². The van der Waals surface area contributed by atoms with Gasteiger partial charge in [0, 0.05) is 37.5 Å². The Bertz CT molecular complexity index is 1250. The van der Waals surface area contributed by atoms with Gasteiger partial charge in [0.05, 0.1) is 23.1 Å². The number of anilines is 2. The third-order valence-corrected chi connectivity index (χ3v) is 5.92. The first kappa shape index (κ1) is 22.0. The van der Waals surface area contributed by atoms with E-state index in [0.717, 1.165) is 60.2 Å². The minimum Gasteiger partial charge on any atom is -0.368 e. The molecule has 1 aliphatic rings. The van der Waals surface area contributed by atoms with E-state index in [9.17, 15) is 4.39 Å². The van der Waals surface area contributed by atoms with Crippen molar-refractivity contribution in [2.24, 2.45) is 5.92 Å². The molecule has 0 amide bonds. The van der Waals surface area contributed by atoms with Crippen LogP contribution in [-0.2, 0) is 6.42 Å². The monoisotopic (exact) mass is 457 g/mol. The van der Waals surface area contributed by atoms with Crippen molar-refractivity contribution in [2.45, 2.75) is 32.7 Å². The van der Waals surface area contributed by atoms with Crippen LogP contribution < -0.4 is 10.6 Å². The summed E-state index contributed by atoms with van der Waals surface area (Å²) in [6.45, 7) is 5.80. The number of halogens is 1. The largest absolute Gasteiger partial charge is 0.368 e. The van der Waals surface area contributed by atoms with Gasteiger partial charge < -0.3 is 15.2 Å². The first-order valence-corrected chi connectivity index (χ1v) is 11.7. The van der Waals surface area contributed by atoms with Crippen molar-refractivity contribution in [3.63, 3.8) is 0 Å². The van der Waals surface area contributed by atoms with Gasteiger partial charge in [0.25, 0.3) is 0 Å². The molecule has 0 bridgehead atoms. The van der Waals surface area contributed by atoms with Gasteiger partial charge in [0.2, 0.25) is 5.95 Å². The van der Waals surface area contributed by atoms with Gasteiger partial charge in [-0.3, -0.25) is 0 Å². The molecule has 0 spiro atoms. The smallest absolute Gasteiger partial charge is 0.223 e. The number of nitrogens with one attached hydrogen (secondary N) is 2. The highest BCUT2D eigenvalue weighted by atomic mass is 19.1. The summed E-state index contributed by atoms with van der Waals surface area (Å²) in [6.07, 6.45) is 5.40. The van der Waals surface area contributed by atoms with Crippen LogP contribution in [0.1, 0.15) is 32.1 Å². The fraction of sp³-hybridized carbons (Fsp3) is 0.308. The topological polar surface area (TPSA) is 80.5 Å². The number of nitrogens with zero attached hydrogens (tertiary/aromatic N) is 5. The molecule has 1 atom stereocenters. The molecule has 5 rings (SSSR count). The molecule has 2 N–H and O–H groups in total. The quantitative estimate of drug-likeness (QED) is 0.378. The molecule has 34 heavy (non-hydrogen) atoms. The lowest BCUT2D eigenvalue weighted by atomic mass is 10.1. The van der Waals surface area contributed by atoms with E-state index in [1.807, 2.05) is 24.3 Å². The molecule has 3 aromatic heterocycles. The lowest BCUT2D eigenvalue weighted by Crippen LogP contribution is -2.17. The zero-order chi connectivity index (χ0) is 23.5. The Kier molecular flexibility index (Phi) is 6.20. The standard InChI is InChI=1S/C26H28FN7/c1-17(2)15-31-26-29-14-12-21(32-26)25-24(18-6-8-19(27)9-7-18)33-23-11-10-20(34(23)25)16-30-22-5-3-4-13-28-22/h3-9,12-14,17,20H,10-11,15-16H2,1-2H3,(H,28,30)(H,29,31,32). The molecule has 0 radical (unpaired) electrons. The maximum atomic E-state index is 13.6. The normalized spacial score (nSPS) is 14.9. The number of hydrogen-bond acceptors (Lipinski definition) is 6. The Morgan fingerprint density at radius 2 is 1.85 bits per heavy atom. The van der Waals surface area contributed by atoms with E-state index < -0.39 is 0 Å². The van der Waals surface area contributed by atoms with Crippen LogP contribution in [0.5, 0.6) is 0 Å². The number of aromatic nitrogens is 5. The van der Waals surface area contributed by atoms with Gasteiger partial charge in [-0.1, -0.05) is 19.9 Å². The van der Waals surface area contributed by atoms with E-state index in [0.29, 0.717) is 11.9 Å². The van der Waals surface area contributed by atoms with Gasteiger partial charge in [0.1, 0.15) is 17.5 Å². The number of pyridine rings is 1. The van der Waals surface area contributed by atoms with Gasteiger partial charge in [0.15, 0.2) is 0 Å². The lowest BCUT2D eigenvalue weighted by molar-refractivity contribution is 0.557. The second kappa shape index (κ2) is 9.59. The van der Waals surface area contributed by atoms with Crippen molar-refractivity contribution in [3.8, 4) is 22.6 Å². The van der Waals surface area contributed by atoms with Crippen LogP contribution in [0.25, 0.3) is 22.6 Å². The molecule has 1 unspecified atom stereocenters. The van der Waals surface area contributed by atoms with Crippen molar-refractivity contribution in [3.05, 3.63) is 72.6 Å². The number of aryl methyl sites for hydroxylation is 1. The molecule has 174 valence electrons. The molecule has 0 saturated heterocycles. The summed E-state index contributed by atoms with van der Waals surface area (Å²) < 4.78 is 15.9. The van der Waals surface area contributed by atoms with Crippen LogP contribution in [0.15, 0.2) is 60.9 Å². The number of rotatable bonds is 8. The molecule has 0 saturated carbocycles. The SMILES string of the molecule is CC(C)CNc1nccc(-c2c(-c3ccc(F)cc3)nc3n2C(CNc2ccccn2)CC3)n1. The van der Waals surface area contributed by atoms with Gasteiger partial charge >= 0.3 is 0 Å². The van der Waals surface area contributed by atoms with Crippen molar-refractivity contribution >= 4 is 11.8 Å². The van der Waals surface area contributed by atoms with E-state index >= 15 is 0 Å². The van der Waals surface area contributed by atoms with E-state index in [2.05, 4.69) is 39.0 Å². The van der Waals surface area contributed by atoms with Gasteiger partial charge in [-0.05, 0) is 54.8 Å². The summed E-state index contributed by atoms with van der Waals surface area (Å²) in [6, 6.07) is 14.4. The Morgan fingerprint density at radius 3 is 2.62 bits per heavy atom. The summed E-state index contributed by atoms with van der Waals surface area (Å²) in [4.78, 5) is 18.6. The highest BCUT2D eigenvalue weighted by Gasteiger charge is 2.30. The molecule has 4 heterocycles. The molecule has 1 aliphatic heterocycles. The molecule has 7 nitrogen and oxygen atoms in total. The van der Waals surface area contributed by atoms with Gasteiger partial charge in [-0.15, -0.1) is 0 Å². The molecule has 4 aromatic rings. The summed E-state index contributed by atoms with van der Waals surface area (Å²) >= 11 is 0. The molecule has 0 fully saturated rings. The Labute approximate surface area is 198 Å². The van der Waals surface area contributed by atoms with E-state index in [1.165, 1.54) is 12.1 Å². The fourth-order valence-electron chi connectivity index (χ4n) is 4.28. The summed E-state index contributed by atoms with van der Waals surface area (Å²) in [7, 11) is 0. The number of fused-ring (bicyclic) bond motifs is 1.